The number of benzene rings is 1. The third kappa shape index (κ3) is 3.62. The highest BCUT2D eigenvalue weighted by Crippen LogP contribution is 2.28. The molecule has 0 radical (unpaired) electrons. The molecule has 5 heteroatoms. The van der Waals surface area contributed by atoms with Crippen molar-refractivity contribution < 1.29 is 19.1 Å². The van der Waals surface area contributed by atoms with Crippen LogP contribution in [0.5, 0.6) is 5.75 Å². The summed E-state index contributed by atoms with van der Waals surface area (Å²) in [7, 11) is 1.33. The molecular formula is C16H19NO4. The first-order valence-electron chi connectivity index (χ1n) is 6.76. The Morgan fingerprint density at radius 2 is 2.24 bits per heavy atom. The zero-order chi connectivity index (χ0) is 15.4. The highest BCUT2D eigenvalue weighted by molar-refractivity contribution is 5.99. The molecule has 5 nitrogen and oxygen atoms in total. The highest BCUT2D eigenvalue weighted by atomic mass is 16.5. The number of carbonyl (C=O) groups excluding carboxylic acids is 2. The summed E-state index contributed by atoms with van der Waals surface area (Å²) in [6.45, 7) is 6.44. The zero-order valence-electron chi connectivity index (χ0n) is 12.3. The van der Waals surface area contributed by atoms with E-state index in [4.69, 9.17) is 9.47 Å². The van der Waals surface area contributed by atoms with Crippen LogP contribution in [-0.2, 0) is 14.3 Å². The SMILES string of the molecule is C=C(C)COc1cccc(N2CC(C(=O)OC)CC2=O)c1. The molecule has 1 heterocycles. The van der Waals surface area contributed by atoms with Crippen LogP contribution in [0.25, 0.3) is 0 Å². The Hall–Kier alpha value is -2.30. The normalized spacial score (nSPS) is 17.7. The fraction of sp³-hybridized carbons (Fsp3) is 0.375. The number of esters is 1. The lowest BCUT2D eigenvalue weighted by Crippen LogP contribution is -2.26. The number of methoxy groups -OCH3 is 1. The van der Waals surface area contributed by atoms with Gasteiger partial charge in [0.1, 0.15) is 12.4 Å². The highest BCUT2D eigenvalue weighted by Gasteiger charge is 2.35. The second-order valence-electron chi connectivity index (χ2n) is 5.17. The smallest absolute Gasteiger partial charge is 0.311 e. The molecule has 1 aliphatic heterocycles. The first kappa shape index (κ1) is 15.1. The van der Waals surface area contributed by atoms with Gasteiger partial charge < -0.3 is 14.4 Å². The Balaban J connectivity index is 2.11. The lowest BCUT2D eigenvalue weighted by molar-refractivity contribution is -0.145. The van der Waals surface area contributed by atoms with Crippen LogP contribution >= 0.6 is 0 Å². The summed E-state index contributed by atoms with van der Waals surface area (Å²) in [5.74, 6) is -0.157. The van der Waals surface area contributed by atoms with E-state index in [0.29, 0.717) is 18.9 Å². The number of hydrogen-bond acceptors (Lipinski definition) is 4. The van der Waals surface area contributed by atoms with Crippen molar-refractivity contribution in [2.75, 3.05) is 25.2 Å². The molecule has 1 aliphatic rings. The average molecular weight is 289 g/mol. The Morgan fingerprint density at radius 3 is 2.90 bits per heavy atom. The van der Waals surface area contributed by atoms with Gasteiger partial charge in [0.15, 0.2) is 0 Å². The van der Waals surface area contributed by atoms with Gasteiger partial charge in [-0.25, -0.2) is 0 Å². The fourth-order valence-corrected chi connectivity index (χ4v) is 2.23. The molecule has 0 aliphatic carbocycles. The molecular weight excluding hydrogens is 270 g/mol. The molecule has 0 spiro atoms. The summed E-state index contributed by atoms with van der Waals surface area (Å²) >= 11 is 0. The number of amides is 1. The molecule has 21 heavy (non-hydrogen) atoms. The van der Waals surface area contributed by atoms with Crippen molar-refractivity contribution in [2.45, 2.75) is 13.3 Å². The number of nitrogens with zero attached hydrogens (tertiary/aromatic N) is 1. The molecule has 1 unspecified atom stereocenters. The van der Waals surface area contributed by atoms with Crippen molar-refractivity contribution in [3.8, 4) is 5.75 Å². The van der Waals surface area contributed by atoms with E-state index in [1.165, 1.54) is 7.11 Å². The van der Waals surface area contributed by atoms with E-state index >= 15 is 0 Å². The molecule has 0 saturated carbocycles. The van der Waals surface area contributed by atoms with E-state index in [1.54, 1.807) is 11.0 Å². The van der Waals surface area contributed by atoms with E-state index in [9.17, 15) is 9.59 Å². The van der Waals surface area contributed by atoms with Crippen LogP contribution in [0.1, 0.15) is 13.3 Å². The van der Waals surface area contributed by atoms with Crippen molar-refractivity contribution in [1.82, 2.24) is 0 Å². The monoisotopic (exact) mass is 289 g/mol. The molecule has 1 amide bonds. The Bertz CT molecular complexity index is 567. The third-order valence-corrected chi connectivity index (χ3v) is 3.27. The molecule has 1 fully saturated rings. The predicted octanol–water partition coefficient (Wildman–Crippen LogP) is 2.17. The van der Waals surface area contributed by atoms with Gasteiger partial charge in [-0.1, -0.05) is 12.6 Å². The molecule has 1 aromatic carbocycles. The number of hydrogen-bond donors (Lipinski definition) is 0. The molecule has 0 N–H and O–H groups in total. The summed E-state index contributed by atoms with van der Waals surface area (Å²) in [5.41, 5.74) is 1.65. The summed E-state index contributed by atoms with van der Waals surface area (Å²) in [4.78, 5) is 25.2. The molecule has 1 saturated heterocycles. The number of rotatable bonds is 5. The molecule has 0 aromatic heterocycles. The topological polar surface area (TPSA) is 55.8 Å². The zero-order valence-corrected chi connectivity index (χ0v) is 12.3. The van der Waals surface area contributed by atoms with Crippen LogP contribution in [-0.4, -0.2) is 32.1 Å². The van der Waals surface area contributed by atoms with Crippen LogP contribution in [0.4, 0.5) is 5.69 Å². The minimum Gasteiger partial charge on any atom is -0.489 e. The lowest BCUT2D eigenvalue weighted by atomic mass is 10.1. The van der Waals surface area contributed by atoms with Gasteiger partial charge in [0.05, 0.1) is 13.0 Å². The number of ether oxygens (including phenoxy) is 2. The van der Waals surface area contributed by atoms with Crippen molar-refractivity contribution in [3.05, 3.63) is 36.4 Å². The number of carbonyl (C=O) groups is 2. The van der Waals surface area contributed by atoms with Crippen LogP contribution in [0.15, 0.2) is 36.4 Å². The third-order valence-electron chi connectivity index (χ3n) is 3.27. The predicted molar refractivity (Wildman–Crippen MR) is 79.2 cm³/mol. The van der Waals surface area contributed by atoms with Crippen LogP contribution in [0, 0.1) is 5.92 Å². The van der Waals surface area contributed by atoms with Gasteiger partial charge in [-0.3, -0.25) is 9.59 Å². The van der Waals surface area contributed by atoms with E-state index in [1.807, 2.05) is 25.1 Å². The van der Waals surface area contributed by atoms with Crippen molar-refractivity contribution >= 4 is 17.6 Å². The molecule has 1 atom stereocenters. The quantitative estimate of drug-likeness (QED) is 0.616. The maximum atomic E-state index is 12.0. The Morgan fingerprint density at radius 1 is 1.48 bits per heavy atom. The minimum absolute atomic E-state index is 0.0811. The first-order chi connectivity index (χ1) is 10.0. The van der Waals surface area contributed by atoms with Gasteiger partial charge in [-0.05, 0) is 24.6 Å². The molecule has 112 valence electrons. The maximum absolute atomic E-state index is 12.0. The second-order valence-corrected chi connectivity index (χ2v) is 5.17. The van der Waals surface area contributed by atoms with Gasteiger partial charge in [-0.2, -0.15) is 0 Å². The Labute approximate surface area is 124 Å². The van der Waals surface area contributed by atoms with E-state index < -0.39 is 5.92 Å². The van der Waals surface area contributed by atoms with Gasteiger partial charge in [0, 0.05) is 24.7 Å². The largest absolute Gasteiger partial charge is 0.489 e. The van der Waals surface area contributed by atoms with Crippen LogP contribution in [0.3, 0.4) is 0 Å². The minimum atomic E-state index is -0.400. The van der Waals surface area contributed by atoms with E-state index in [0.717, 1.165) is 11.3 Å². The van der Waals surface area contributed by atoms with E-state index in [2.05, 4.69) is 6.58 Å². The van der Waals surface area contributed by atoms with Gasteiger partial charge in [0.2, 0.25) is 5.91 Å². The Kier molecular flexibility index (Phi) is 4.62. The summed E-state index contributed by atoms with van der Waals surface area (Å²) in [6, 6.07) is 7.26. The standard InChI is InChI=1S/C16H19NO4/c1-11(2)10-21-14-6-4-5-13(8-14)17-9-12(7-15(17)18)16(19)20-3/h4-6,8,12H,1,7,9-10H2,2-3H3. The maximum Gasteiger partial charge on any atom is 0.311 e. The number of anilines is 1. The molecule has 0 bridgehead atoms. The van der Waals surface area contributed by atoms with Crippen molar-refractivity contribution in [2.24, 2.45) is 5.92 Å². The van der Waals surface area contributed by atoms with Gasteiger partial charge >= 0.3 is 5.97 Å². The summed E-state index contributed by atoms with van der Waals surface area (Å²) < 4.78 is 10.3. The van der Waals surface area contributed by atoms with Gasteiger partial charge in [0.25, 0.3) is 0 Å². The molecule has 2 rings (SSSR count). The van der Waals surface area contributed by atoms with Crippen LogP contribution in [0.2, 0.25) is 0 Å². The van der Waals surface area contributed by atoms with E-state index in [-0.39, 0.29) is 18.3 Å². The van der Waals surface area contributed by atoms with Crippen molar-refractivity contribution in [1.29, 1.82) is 0 Å². The van der Waals surface area contributed by atoms with Crippen LogP contribution < -0.4 is 9.64 Å². The second kappa shape index (κ2) is 6.43. The lowest BCUT2D eigenvalue weighted by Gasteiger charge is -2.17. The summed E-state index contributed by atoms with van der Waals surface area (Å²) in [6.07, 6.45) is 0.184. The first-order valence-corrected chi connectivity index (χ1v) is 6.76. The average Bonchev–Trinajstić information content (AvgIpc) is 2.86. The van der Waals surface area contributed by atoms with Gasteiger partial charge in [-0.15, -0.1) is 0 Å². The summed E-state index contributed by atoms with van der Waals surface area (Å²) in [5, 5.41) is 0. The fourth-order valence-electron chi connectivity index (χ4n) is 2.23. The van der Waals surface area contributed by atoms with Crippen molar-refractivity contribution in [3.63, 3.8) is 0 Å². The molecule has 1 aromatic rings.